The number of hydrogen-bond acceptors (Lipinski definition) is 4. The van der Waals surface area contributed by atoms with E-state index >= 15 is 0 Å². The van der Waals surface area contributed by atoms with Crippen LogP contribution in [0.2, 0.25) is 0 Å². The Morgan fingerprint density at radius 2 is 2.21 bits per heavy atom. The Morgan fingerprint density at radius 1 is 1.42 bits per heavy atom. The van der Waals surface area contributed by atoms with Gasteiger partial charge in [0.15, 0.2) is 0 Å². The van der Waals surface area contributed by atoms with Gasteiger partial charge in [-0.25, -0.2) is 0 Å². The highest BCUT2D eigenvalue weighted by molar-refractivity contribution is 5.77. The normalized spacial score (nSPS) is 24.1. The fourth-order valence-electron chi connectivity index (χ4n) is 2.63. The molecule has 1 aliphatic heterocycles. The molecule has 3 rings (SSSR count). The van der Waals surface area contributed by atoms with E-state index in [1.807, 2.05) is 30.3 Å². The molecule has 1 saturated heterocycles. The molecule has 1 aromatic carbocycles. The lowest BCUT2D eigenvalue weighted by Gasteiger charge is -2.18. The Labute approximate surface area is 110 Å². The van der Waals surface area contributed by atoms with Gasteiger partial charge < -0.3 is 14.6 Å². The Balaban J connectivity index is 1.82. The number of likely N-dealkylation sites (tertiary alicyclic amines) is 1. The van der Waals surface area contributed by atoms with Crippen LogP contribution in [0, 0.1) is 0 Å². The van der Waals surface area contributed by atoms with Crippen LogP contribution >= 0.6 is 0 Å². The number of aliphatic hydroxyl groups excluding tert-OH is 1. The van der Waals surface area contributed by atoms with Gasteiger partial charge in [-0.2, -0.15) is 0 Å². The van der Waals surface area contributed by atoms with E-state index in [1.54, 1.807) is 4.90 Å². The highest BCUT2D eigenvalue weighted by Gasteiger charge is 2.36. The maximum atomic E-state index is 11.1. The molecule has 5 nitrogen and oxygen atoms in total. The second kappa shape index (κ2) is 4.68. The van der Waals surface area contributed by atoms with E-state index in [-0.39, 0.29) is 6.42 Å². The summed E-state index contributed by atoms with van der Waals surface area (Å²) in [5, 5.41) is 19.7. The first-order chi connectivity index (χ1) is 9.13. The van der Waals surface area contributed by atoms with Gasteiger partial charge in [0.05, 0.1) is 12.6 Å². The molecule has 5 heteroatoms. The van der Waals surface area contributed by atoms with Crippen LogP contribution in [0.1, 0.15) is 12.2 Å². The zero-order valence-corrected chi connectivity index (χ0v) is 10.3. The van der Waals surface area contributed by atoms with Crippen molar-refractivity contribution < 1.29 is 19.4 Å². The smallest absolute Gasteiger partial charge is 0.321 e. The number of hydrogen-bond donors (Lipinski definition) is 2. The first-order valence-corrected chi connectivity index (χ1v) is 6.26. The number of aliphatic carboxylic acids is 1. The maximum absolute atomic E-state index is 11.1. The number of fused-ring (bicyclic) bond motifs is 1. The molecule has 2 N–H and O–H groups in total. The molecule has 0 bridgehead atoms. The van der Waals surface area contributed by atoms with E-state index < -0.39 is 18.1 Å². The minimum atomic E-state index is -0.896. The molecule has 2 aromatic rings. The summed E-state index contributed by atoms with van der Waals surface area (Å²) < 4.78 is 5.68. The lowest BCUT2D eigenvalue weighted by Crippen LogP contribution is -2.35. The summed E-state index contributed by atoms with van der Waals surface area (Å²) >= 11 is 0. The van der Waals surface area contributed by atoms with Gasteiger partial charge in [0.25, 0.3) is 0 Å². The number of nitrogens with zero attached hydrogens (tertiary/aromatic N) is 1. The summed E-state index contributed by atoms with van der Waals surface area (Å²) in [7, 11) is 0. The highest BCUT2D eigenvalue weighted by Crippen LogP contribution is 2.24. The van der Waals surface area contributed by atoms with E-state index in [0.717, 1.165) is 16.7 Å². The summed E-state index contributed by atoms with van der Waals surface area (Å²) in [6.07, 6.45) is -0.305. The van der Waals surface area contributed by atoms with Crippen molar-refractivity contribution in [1.29, 1.82) is 0 Å². The van der Waals surface area contributed by atoms with E-state index in [4.69, 9.17) is 9.52 Å². The number of β-amino-alcohol motifs (C(OH)–C–C–N with tert-alkyl or cyclic N) is 1. The predicted molar refractivity (Wildman–Crippen MR) is 68.7 cm³/mol. The van der Waals surface area contributed by atoms with Crippen molar-refractivity contribution in [3.8, 4) is 0 Å². The van der Waals surface area contributed by atoms with Crippen molar-refractivity contribution in [2.75, 3.05) is 6.54 Å². The molecule has 1 aromatic heterocycles. The lowest BCUT2D eigenvalue weighted by atomic mass is 10.2. The Bertz CT molecular complexity index is 573. The van der Waals surface area contributed by atoms with Gasteiger partial charge in [-0.15, -0.1) is 0 Å². The molecule has 0 radical (unpaired) electrons. The number of aliphatic hydroxyl groups is 1. The number of furan rings is 1. The molecule has 0 unspecified atom stereocenters. The van der Waals surface area contributed by atoms with Crippen LogP contribution in [0.25, 0.3) is 11.0 Å². The summed E-state index contributed by atoms with van der Waals surface area (Å²) in [6.45, 7) is 0.775. The van der Waals surface area contributed by atoms with Crippen molar-refractivity contribution in [3.63, 3.8) is 0 Å². The van der Waals surface area contributed by atoms with E-state index in [1.165, 1.54) is 0 Å². The summed E-state index contributed by atoms with van der Waals surface area (Å²) in [6, 6.07) is 8.95. The Hall–Kier alpha value is -1.85. The molecule has 2 heterocycles. The summed E-state index contributed by atoms with van der Waals surface area (Å²) in [5.74, 6) is -0.172. The van der Waals surface area contributed by atoms with Crippen LogP contribution in [-0.2, 0) is 11.3 Å². The molecular formula is C14H15NO4. The minimum Gasteiger partial charge on any atom is -0.480 e. The molecule has 19 heavy (non-hydrogen) atoms. The number of carbonyl (C=O) groups is 1. The molecule has 0 aliphatic carbocycles. The third-order valence-corrected chi connectivity index (χ3v) is 3.50. The number of carboxylic acids is 1. The molecule has 0 amide bonds. The second-order valence-corrected chi connectivity index (χ2v) is 4.92. The molecule has 100 valence electrons. The first-order valence-electron chi connectivity index (χ1n) is 6.26. The van der Waals surface area contributed by atoms with Crippen molar-refractivity contribution >= 4 is 16.9 Å². The van der Waals surface area contributed by atoms with Crippen LogP contribution < -0.4 is 0 Å². The number of carboxylic acid groups (broad SMARTS) is 1. The van der Waals surface area contributed by atoms with E-state index in [0.29, 0.717) is 13.1 Å². The number of para-hydroxylation sites is 1. The largest absolute Gasteiger partial charge is 0.480 e. The van der Waals surface area contributed by atoms with Crippen LogP contribution in [0.15, 0.2) is 34.7 Å². The van der Waals surface area contributed by atoms with Gasteiger partial charge in [0, 0.05) is 18.4 Å². The molecule has 2 atom stereocenters. The average molecular weight is 261 g/mol. The predicted octanol–water partition coefficient (Wildman–Crippen LogP) is 1.45. The van der Waals surface area contributed by atoms with Crippen LogP contribution in [0.4, 0.5) is 0 Å². The quantitative estimate of drug-likeness (QED) is 0.874. The fraction of sp³-hybridized carbons (Fsp3) is 0.357. The molecule has 0 saturated carbocycles. The van der Waals surface area contributed by atoms with Crippen LogP contribution in [0.3, 0.4) is 0 Å². The van der Waals surface area contributed by atoms with Crippen molar-refractivity contribution in [2.24, 2.45) is 0 Å². The van der Waals surface area contributed by atoms with Gasteiger partial charge in [-0.3, -0.25) is 9.69 Å². The Kier molecular flexibility index (Phi) is 3.00. The third-order valence-electron chi connectivity index (χ3n) is 3.50. The topological polar surface area (TPSA) is 73.9 Å². The standard InChI is InChI=1S/C14H15NO4/c16-10-6-12(14(17)18)15(7-10)8-11-5-9-3-1-2-4-13(9)19-11/h1-5,10,12,16H,6-8H2,(H,17,18)/t10-,12+/m1/s1. The highest BCUT2D eigenvalue weighted by atomic mass is 16.4. The number of benzene rings is 1. The van der Waals surface area contributed by atoms with Crippen molar-refractivity contribution in [3.05, 3.63) is 36.1 Å². The molecule has 1 aliphatic rings. The van der Waals surface area contributed by atoms with Crippen LogP contribution in [-0.4, -0.2) is 39.8 Å². The van der Waals surface area contributed by atoms with Gasteiger partial charge in [-0.05, 0) is 12.1 Å². The third kappa shape index (κ3) is 2.34. The van der Waals surface area contributed by atoms with Gasteiger partial charge in [0.1, 0.15) is 17.4 Å². The molecule has 1 fully saturated rings. The van der Waals surface area contributed by atoms with E-state index in [9.17, 15) is 9.90 Å². The van der Waals surface area contributed by atoms with E-state index in [2.05, 4.69) is 0 Å². The molecule has 0 spiro atoms. The average Bonchev–Trinajstić information content (AvgIpc) is 2.92. The molecular weight excluding hydrogens is 246 g/mol. The monoisotopic (exact) mass is 261 g/mol. The van der Waals surface area contributed by atoms with Crippen molar-refractivity contribution in [1.82, 2.24) is 4.90 Å². The first kappa shape index (κ1) is 12.2. The lowest BCUT2D eigenvalue weighted by molar-refractivity contribution is -0.142. The minimum absolute atomic E-state index is 0.273. The zero-order valence-electron chi connectivity index (χ0n) is 10.3. The maximum Gasteiger partial charge on any atom is 0.321 e. The van der Waals surface area contributed by atoms with Gasteiger partial charge in [-0.1, -0.05) is 18.2 Å². The fourth-order valence-corrected chi connectivity index (χ4v) is 2.63. The Morgan fingerprint density at radius 3 is 2.95 bits per heavy atom. The number of rotatable bonds is 3. The second-order valence-electron chi connectivity index (χ2n) is 4.92. The summed E-state index contributed by atoms with van der Waals surface area (Å²) in [5.41, 5.74) is 0.795. The summed E-state index contributed by atoms with van der Waals surface area (Å²) in [4.78, 5) is 12.9. The van der Waals surface area contributed by atoms with Gasteiger partial charge >= 0.3 is 5.97 Å². The van der Waals surface area contributed by atoms with Gasteiger partial charge in [0.2, 0.25) is 0 Å². The van der Waals surface area contributed by atoms with Crippen molar-refractivity contribution in [2.45, 2.75) is 25.1 Å². The zero-order chi connectivity index (χ0) is 13.4. The van der Waals surface area contributed by atoms with Crippen LogP contribution in [0.5, 0.6) is 0 Å². The SMILES string of the molecule is O=C(O)[C@@H]1C[C@@H](O)CN1Cc1cc2ccccc2o1.